The Morgan fingerprint density at radius 2 is 1.70 bits per heavy atom. The van der Waals surface area contributed by atoms with Crippen molar-refractivity contribution in [3.63, 3.8) is 0 Å². The van der Waals surface area contributed by atoms with E-state index in [-0.39, 0.29) is 39.4 Å². The first-order valence-electron chi connectivity index (χ1n) is 8.65. The maximum Gasteiger partial charge on any atom is 0.198 e. The lowest BCUT2D eigenvalue weighted by atomic mass is 9.82. The molecule has 27 heavy (non-hydrogen) atoms. The van der Waals surface area contributed by atoms with Crippen LogP contribution in [-0.4, -0.2) is 48.3 Å². The average Bonchev–Trinajstić information content (AvgIpc) is 2.67. The number of hydrogen-bond donors (Lipinski definition) is 3. The molecular weight excluding hydrogens is 350 g/mol. The first kappa shape index (κ1) is 18.9. The number of anilines is 1. The van der Waals surface area contributed by atoms with Gasteiger partial charge in [0.25, 0.3) is 0 Å². The van der Waals surface area contributed by atoms with Crippen molar-refractivity contribution in [2.24, 2.45) is 0 Å². The van der Waals surface area contributed by atoms with Gasteiger partial charge in [0.05, 0.1) is 16.8 Å². The van der Waals surface area contributed by atoms with Crippen LogP contribution in [0.1, 0.15) is 45.2 Å². The molecule has 3 N–H and O–H groups in total. The fourth-order valence-corrected chi connectivity index (χ4v) is 3.17. The zero-order chi connectivity index (χ0) is 19.6. The number of hydrogen-bond acceptors (Lipinski definition) is 7. The highest BCUT2D eigenvalue weighted by Crippen LogP contribution is 2.42. The predicted octanol–water partition coefficient (Wildman–Crippen LogP) is 2.68. The average molecular weight is 371 g/mol. The summed E-state index contributed by atoms with van der Waals surface area (Å²) in [6.45, 7) is 2.72. The van der Waals surface area contributed by atoms with Crippen molar-refractivity contribution in [2.75, 3.05) is 25.6 Å². The van der Waals surface area contributed by atoms with Gasteiger partial charge in [0, 0.05) is 43.9 Å². The van der Waals surface area contributed by atoms with Crippen molar-refractivity contribution < 1.29 is 29.3 Å². The lowest BCUT2D eigenvalue weighted by Gasteiger charge is -2.22. The van der Waals surface area contributed by atoms with Crippen LogP contribution < -0.4 is 5.32 Å². The Morgan fingerprint density at radius 1 is 1.07 bits per heavy atom. The van der Waals surface area contributed by atoms with Gasteiger partial charge in [-0.05, 0) is 6.92 Å². The predicted molar refractivity (Wildman–Crippen MR) is 98.6 cm³/mol. The van der Waals surface area contributed by atoms with Crippen LogP contribution in [0, 0.1) is 0 Å². The molecule has 142 valence electrons. The van der Waals surface area contributed by atoms with Gasteiger partial charge in [0.1, 0.15) is 5.75 Å². The second-order valence-corrected chi connectivity index (χ2v) is 6.08. The number of ketones is 2. The Morgan fingerprint density at radius 3 is 2.30 bits per heavy atom. The molecule has 0 heterocycles. The summed E-state index contributed by atoms with van der Waals surface area (Å²) >= 11 is 0. The number of rotatable bonds is 7. The minimum Gasteiger partial charge on any atom is -0.507 e. The van der Waals surface area contributed by atoms with Gasteiger partial charge in [-0.25, -0.2) is 0 Å². The molecule has 2 aromatic rings. The number of carbonyl (C=O) groups excluding carboxylic acids is 2. The number of benzene rings is 2. The summed E-state index contributed by atoms with van der Waals surface area (Å²) in [6, 6.07) is 7.59. The molecular formula is C20H21NO6. The molecule has 7 heteroatoms. The first-order chi connectivity index (χ1) is 13.0. The van der Waals surface area contributed by atoms with Gasteiger partial charge >= 0.3 is 0 Å². The number of phenols is 2. The Hall–Kier alpha value is -2.90. The standard InChI is InChI=1S/C20H21NO6/c1-3-27-15(26-2)8-9-21-13-10-14(22)16-17(20(13)25)19(24)12-7-5-4-6-11(12)18(16)23/h4-7,10,15,21-22,25H,3,8-9H2,1-2H3. The fraction of sp³-hybridized carbons (Fsp3) is 0.300. The number of ether oxygens (including phenoxy) is 2. The summed E-state index contributed by atoms with van der Waals surface area (Å²) in [7, 11) is 1.53. The van der Waals surface area contributed by atoms with E-state index in [0.29, 0.717) is 19.6 Å². The largest absolute Gasteiger partial charge is 0.507 e. The van der Waals surface area contributed by atoms with Gasteiger partial charge in [0.2, 0.25) is 0 Å². The summed E-state index contributed by atoms with van der Waals surface area (Å²) in [5, 5.41) is 23.9. The van der Waals surface area contributed by atoms with E-state index in [4.69, 9.17) is 9.47 Å². The second kappa shape index (κ2) is 7.77. The monoisotopic (exact) mass is 371 g/mol. The molecule has 3 rings (SSSR count). The number of phenolic OH excluding ortho intramolecular Hbond substituents is 2. The summed E-state index contributed by atoms with van der Waals surface area (Å²) in [6.07, 6.45) is 0.0723. The van der Waals surface area contributed by atoms with Gasteiger partial charge in [0.15, 0.2) is 23.6 Å². The normalized spacial score (nSPS) is 13.9. The Balaban J connectivity index is 1.91. The highest BCUT2D eigenvalue weighted by atomic mass is 16.7. The van der Waals surface area contributed by atoms with Crippen LogP contribution >= 0.6 is 0 Å². The molecule has 0 spiro atoms. The summed E-state index contributed by atoms with van der Waals surface area (Å²) < 4.78 is 10.5. The molecule has 0 radical (unpaired) electrons. The van der Waals surface area contributed by atoms with E-state index in [0.717, 1.165) is 0 Å². The quantitative estimate of drug-likeness (QED) is 0.333. The highest BCUT2D eigenvalue weighted by molar-refractivity contribution is 6.30. The fourth-order valence-electron chi connectivity index (χ4n) is 3.17. The second-order valence-electron chi connectivity index (χ2n) is 6.08. The van der Waals surface area contributed by atoms with Crippen molar-refractivity contribution in [3.05, 3.63) is 52.6 Å². The third-order valence-corrected chi connectivity index (χ3v) is 4.46. The van der Waals surface area contributed by atoms with Crippen LogP contribution in [0.3, 0.4) is 0 Å². The summed E-state index contributed by atoms with van der Waals surface area (Å²) in [5.74, 6) is -1.71. The molecule has 0 amide bonds. The van der Waals surface area contributed by atoms with Gasteiger partial charge in [-0.1, -0.05) is 24.3 Å². The first-order valence-corrected chi connectivity index (χ1v) is 8.65. The number of fused-ring (bicyclic) bond motifs is 2. The molecule has 0 aliphatic heterocycles. The van der Waals surface area contributed by atoms with Crippen LogP contribution in [-0.2, 0) is 9.47 Å². The number of methoxy groups -OCH3 is 1. The van der Waals surface area contributed by atoms with Gasteiger partial charge in [-0.3, -0.25) is 9.59 Å². The van der Waals surface area contributed by atoms with Crippen LogP contribution in [0.4, 0.5) is 5.69 Å². The van der Waals surface area contributed by atoms with E-state index < -0.39 is 17.9 Å². The number of nitrogens with one attached hydrogen (secondary N) is 1. The van der Waals surface area contributed by atoms with Gasteiger partial charge < -0.3 is 25.0 Å². The Kier molecular flexibility index (Phi) is 5.43. The lowest BCUT2D eigenvalue weighted by molar-refractivity contribution is -0.121. The van der Waals surface area contributed by atoms with E-state index in [1.54, 1.807) is 12.1 Å². The Labute approximate surface area is 156 Å². The van der Waals surface area contributed by atoms with Gasteiger partial charge in [-0.15, -0.1) is 0 Å². The lowest BCUT2D eigenvalue weighted by Crippen LogP contribution is -2.22. The van der Waals surface area contributed by atoms with E-state index >= 15 is 0 Å². The smallest absolute Gasteiger partial charge is 0.198 e. The molecule has 1 unspecified atom stereocenters. The van der Waals surface area contributed by atoms with Crippen molar-refractivity contribution in [1.82, 2.24) is 0 Å². The van der Waals surface area contributed by atoms with E-state index in [1.807, 2.05) is 6.92 Å². The third kappa shape index (κ3) is 3.39. The summed E-state index contributed by atoms with van der Waals surface area (Å²) in [5.41, 5.74) is 0.223. The molecule has 0 fully saturated rings. The van der Waals surface area contributed by atoms with Crippen molar-refractivity contribution in [3.8, 4) is 11.5 Å². The molecule has 0 saturated carbocycles. The minimum atomic E-state index is -0.499. The molecule has 0 bridgehead atoms. The van der Waals surface area contributed by atoms with E-state index in [9.17, 15) is 19.8 Å². The third-order valence-electron chi connectivity index (χ3n) is 4.46. The molecule has 1 aliphatic rings. The van der Waals surface area contributed by atoms with Gasteiger partial charge in [-0.2, -0.15) is 0 Å². The molecule has 7 nitrogen and oxygen atoms in total. The zero-order valence-corrected chi connectivity index (χ0v) is 15.1. The number of carbonyl (C=O) groups is 2. The maximum atomic E-state index is 12.8. The molecule has 1 atom stereocenters. The van der Waals surface area contributed by atoms with Crippen molar-refractivity contribution >= 4 is 17.3 Å². The molecule has 0 aromatic heterocycles. The van der Waals surface area contributed by atoms with Crippen LogP contribution in [0.15, 0.2) is 30.3 Å². The highest BCUT2D eigenvalue weighted by Gasteiger charge is 2.35. The topological polar surface area (TPSA) is 105 Å². The Bertz CT molecular complexity index is 892. The maximum absolute atomic E-state index is 12.8. The summed E-state index contributed by atoms with van der Waals surface area (Å²) in [4.78, 5) is 25.5. The molecule has 0 saturated heterocycles. The van der Waals surface area contributed by atoms with E-state index in [1.165, 1.54) is 25.3 Å². The number of aromatic hydroxyl groups is 2. The van der Waals surface area contributed by atoms with E-state index in [2.05, 4.69) is 5.32 Å². The van der Waals surface area contributed by atoms with Crippen LogP contribution in [0.25, 0.3) is 0 Å². The van der Waals surface area contributed by atoms with Crippen molar-refractivity contribution in [2.45, 2.75) is 19.6 Å². The molecule has 2 aromatic carbocycles. The molecule has 1 aliphatic carbocycles. The zero-order valence-electron chi connectivity index (χ0n) is 15.1. The minimum absolute atomic E-state index is 0.165. The van der Waals surface area contributed by atoms with Crippen molar-refractivity contribution in [1.29, 1.82) is 0 Å². The SMILES string of the molecule is CCOC(CCNc1cc(O)c2c(c1O)C(=O)c1ccccc1C2=O)OC. The van der Waals surface area contributed by atoms with Crippen LogP contribution in [0.5, 0.6) is 11.5 Å². The van der Waals surface area contributed by atoms with Crippen LogP contribution in [0.2, 0.25) is 0 Å².